The van der Waals surface area contributed by atoms with E-state index in [2.05, 4.69) is 39.2 Å². The molecule has 1 unspecified atom stereocenters. The molecular formula is C30H42F3N9O2. The summed E-state index contributed by atoms with van der Waals surface area (Å²) in [6.45, 7) is 8.49. The van der Waals surface area contributed by atoms with Crippen LogP contribution in [-0.4, -0.2) is 108 Å². The highest BCUT2D eigenvalue weighted by Gasteiger charge is 2.30. The van der Waals surface area contributed by atoms with E-state index in [0.717, 1.165) is 43.6 Å². The van der Waals surface area contributed by atoms with Gasteiger partial charge in [0.2, 0.25) is 11.9 Å². The number of likely N-dealkylation sites (N-methyl/N-ethyl adjacent to an activating group) is 1. The van der Waals surface area contributed by atoms with E-state index in [1.807, 2.05) is 30.2 Å². The first kappa shape index (κ1) is 31.9. The number of carbonyl (C=O) groups is 1. The zero-order valence-corrected chi connectivity index (χ0v) is 25.5. The molecule has 0 bridgehead atoms. The molecule has 0 aliphatic carbocycles. The van der Waals surface area contributed by atoms with Crippen molar-refractivity contribution in [2.45, 2.75) is 70.9 Å². The number of amides is 1. The van der Waals surface area contributed by atoms with Crippen molar-refractivity contribution in [3.63, 3.8) is 0 Å². The molecule has 5 heterocycles. The van der Waals surface area contributed by atoms with E-state index in [4.69, 9.17) is 0 Å². The van der Waals surface area contributed by atoms with E-state index >= 15 is 0 Å². The first-order chi connectivity index (χ1) is 20.9. The average Bonchev–Trinajstić information content (AvgIpc) is 3.61. The van der Waals surface area contributed by atoms with Crippen molar-refractivity contribution < 1.29 is 23.1 Å². The Morgan fingerprint density at radius 2 is 2.00 bits per heavy atom. The predicted molar refractivity (Wildman–Crippen MR) is 161 cm³/mol. The number of rotatable bonds is 11. The van der Waals surface area contributed by atoms with Crippen molar-refractivity contribution in [1.29, 1.82) is 0 Å². The molecule has 1 atom stereocenters. The lowest BCUT2D eigenvalue weighted by molar-refractivity contribution is -0.146. The second-order valence-corrected chi connectivity index (χ2v) is 12.2. The van der Waals surface area contributed by atoms with Crippen molar-refractivity contribution in [3.8, 4) is 0 Å². The van der Waals surface area contributed by atoms with Gasteiger partial charge in [0.05, 0.1) is 11.9 Å². The largest absolute Gasteiger partial charge is 0.389 e. The molecular weight excluding hydrogens is 575 g/mol. The predicted octanol–water partition coefficient (Wildman–Crippen LogP) is 4.00. The highest BCUT2D eigenvalue weighted by atomic mass is 19.4. The highest BCUT2D eigenvalue weighted by molar-refractivity contribution is 5.77. The van der Waals surface area contributed by atoms with E-state index in [-0.39, 0.29) is 24.9 Å². The number of nitrogens with one attached hydrogen (secondary N) is 1. The van der Waals surface area contributed by atoms with E-state index in [0.29, 0.717) is 42.7 Å². The Labute approximate surface area is 255 Å². The quantitative estimate of drug-likeness (QED) is 0.333. The fourth-order valence-electron chi connectivity index (χ4n) is 5.99. The molecule has 3 aromatic heterocycles. The van der Waals surface area contributed by atoms with Crippen LogP contribution >= 0.6 is 0 Å². The maximum absolute atomic E-state index is 13.0. The van der Waals surface area contributed by atoms with Gasteiger partial charge >= 0.3 is 6.18 Å². The van der Waals surface area contributed by atoms with Gasteiger partial charge in [-0.2, -0.15) is 23.3 Å². The number of hydrogen-bond donors (Lipinski definition) is 2. The summed E-state index contributed by atoms with van der Waals surface area (Å²) in [6, 6.07) is 4.03. The third kappa shape index (κ3) is 8.16. The molecule has 3 aromatic rings. The second kappa shape index (κ2) is 13.7. The van der Waals surface area contributed by atoms with Gasteiger partial charge in [-0.05, 0) is 49.3 Å². The molecule has 1 fully saturated rings. The third-order valence-electron chi connectivity index (χ3n) is 8.36. The van der Waals surface area contributed by atoms with Crippen LogP contribution in [0.2, 0.25) is 0 Å². The molecule has 14 heteroatoms. The lowest BCUT2D eigenvalue weighted by atomic mass is 10.00. The number of likely N-dealkylation sites (tertiary alicyclic amines) is 1. The number of alkyl halides is 3. The van der Waals surface area contributed by atoms with Gasteiger partial charge in [0.15, 0.2) is 5.65 Å². The highest BCUT2D eigenvalue weighted by Crippen LogP contribution is 2.29. The first-order valence-electron chi connectivity index (χ1n) is 15.3. The molecule has 0 saturated carbocycles. The van der Waals surface area contributed by atoms with Gasteiger partial charge in [0, 0.05) is 70.2 Å². The summed E-state index contributed by atoms with van der Waals surface area (Å²) in [7, 11) is 1.88. The molecule has 0 radical (unpaired) electrons. The standard InChI is InChI=1S/C30H42F3N9O2/c1-21(2)18-39-13-9-24(10-14-39)38(3)27(44)20-41-19-23(17-34-41)35-29-36-28-25(5-4-12-42(28)37-29)22-7-15-40(16-8-22)26(43)6-11-30(31,32)33/h4-5,7,12,17,19,21,24,26,43H,6,8-11,13-16,18,20H2,1-3H3,(H,35,37). The molecule has 44 heavy (non-hydrogen) atoms. The summed E-state index contributed by atoms with van der Waals surface area (Å²) >= 11 is 0. The molecule has 2 aliphatic rings. The number of nitrogens with zero attached hydrogens (tertiary/aromatic N) is 8. The monoisotopic (exact) mass is 617 g/mol. The number of halogens is 3. The van der Waals surface area contributed by atoms with Crippen molar-refractivity contribution in [1.82, 2.24) is 39.1 Å². The Morgan fingerprint density at radius 3 is 2.68 bits per heavy atom. The van der Waals surface area contributed by atoms with Crippen LogP contribution in [0.25, 0.3) is 11.2 Å². The number of piperidine rings is 1. The summed E-state index contributed by atoms with van der Waals surface area (Å²) in [6.07, 6.45) is 2.82. The van der Waals surface area contributed by atoms with Gasteiger partial charge in [0.1, 0.15) is 12.8 Å². The van der Waals surface area contributed by atoms with Gasteiger partial charge < -0.3 is 20.2 Å². The number of aromatic nitrogens is 5. The van der Waals surface area contributed by atoms with Gasteiger partial charge in [0.25, 0.3) is 0 Å². The summed E-state index contributed by atoms with van der Waals surface area (Å²) in [4.78, 5) is 23.7. The van der Waals surface area contributed by atoms with Crippen LogP contribution in [0.4, 0.5) is 24.8 Å². The smallest absolute Gasteiger partial charge is 0.378 e. The molecule has 0 spiro atoms. The first-order valence-corrected chi connectivity index (χ1v) is 15.3. The molecule has 1 saturated heterocycles. The molecule has 240 valence electrons. The van der Waals surface area contributed by atoms with E-state index in [1.165, 1.54) is 0 Å². The Hall–Kier alpha value is -3.49. The minimum atomic E-state index is -4.29. The lowest BCUT2D eigenvalue weighted by Gasteiger charge is -2.37. The SMILES string of the molecule is CC(C)CN1CCC(N(C)C(=O)Cn2cc(Nc3nc4c(C5=CCN(C(O)CCC(F)(F)F)CC5)cccn4n3)cn2)CC1. The number of carbonyl (C=O) groups excluding carboxylic acids is 1. The molecule has 11 nitrogen and oxygen atoms in total. The van der Waals surface area contributed by atoms with Crippen LogP contribution in [0, 0.1) is 5.92 Å². The number of aliphatic hydroxyl groups excluding tert-OH is 1. The van der Waals surface area contributed by atoms with Gasteiger partial charge in [-0.15, -0.1) is 5.10 Å². The zero-order valence-electron chi connectivity index (χ0n) is 25.5. The maximum atomic E-state index is 13.0. The number of aliphatic hydroxyl groups is 1. The molecule has 0 aromatic carbocycles. The summed E-state index contributed by atoms with van der Waals surface area (Å²) < 4.78 is 40.9. The summed E-state index contributed by atoms with van der Waals surface area (Å²) in [5, 5.41) is 22.3. The van der Waals surface area contributed by atoms with E-state index < -0.39 is 18.8 Å². The number of hydrogen-bond acceptors (Lipinski definition) is 8. The number of anilines is 2. The third-order valence-corrected chi connectivity index (χ3v) is 8.36. The topological polar surface area (TPSA) is 107 Å². The van der Waals surface area contributed by atoms with Crippen molar-refractivity contribution >= 4 is 28.8 Å². The van der Waals surface area contributed by atoms with Crippen molar-refractivity contribution in [2.24, 2.45) is 5.92 Å². The van der Waals surface area contributed by atoms with Gasteiger partial charge in [-0.3, -0.25) is 14.4 Å². The van der Waals surface area contributed by atoms with E-state index in [9.17, 15) is 23.1 Å². The zero-order chi connectivity index (χ0) is 31.4. The Bertz CT molecular complexity index is 1440. The second-order valence-electron chi connectivity index (χ2n) is 12.2. The summed E-state index contributed by atoms with van der Waals surface area (Å²) in [5.41, 5.74) is 3.16. The maximum Gasteiger partial charge on any atom is 0.389 e. The Morgan fingerprint density at radius 1 is 1.23 bits per heavy atom. The van der Waals surface area contributed by atoms with Crippen molar-refractivity contribution in [3.05, 3.63) is 42.4 Å². The fourth-order valence-corrected chi connectivity index (χ4v) is 5.99. The fraction of sp³-hybridized carbons (Fsp3) is 0.600. The van der Waals surface area contributed by atoms with Crippen LogP contribution < -0.4 is 5.32 Å². The van der Waals surface area contributed by atoms with Crippen LogP contribution in [0.5, 0.6) is 0 Å². The Balaban J connectivity index is 1.17. The lowest BCUT2D eigenvalue weighted by Crippen LogP contribution is -2.47. The number of pyridine rings is 1. The Kier molecular flexibility index (Phi) is 9.90. The molecule has 1 amide bonds. The van der Waals surface area contributed by atoms with Crippen LogP contribution in [0.3, 0.4) is 0 Å². The minimum absolute atomic E-state index is 0.0182. The van der Waals surface area contributed by atoms with Crippen LogP contribution in [0.15, 0.2) is 36.8 Å². The van der Waals surface area contributed by atoms with Gasteiger partial charge in [-0.25, -0.2) is 4.52 Å². The molecule has 2 N–H and O–H groups in total. The van der Waals surface area contributed by atoms with Gasteiger partial charge in [-0.1, -0.05) is 19.9 Å². The van der Waals surface area contributed by atoms with Crippen molar-refractivity contribution in [2.75, 3.05) is 45.1 Å². The van der Waals surface area contributed by atoms with Crippen LogP contribution in [0.1, 0.15) is 51.5 Å². The van der Waals surface area contributed by atoms with Crippen LogP contribution in [-0.2, 0) is 11.3 Å². The number of fused-ring (bicyclic) bond motifs is 1. The summed E-state index contributed by atoms with van der Waals surface area (Å²) in [5.74, 6) is 1.02. The van der Waals surface area contributed by atoms with E-state index in [1.54, 1.807) is 32.7 Å². The molecule has 5 rings (SSSR count). The minimum Gasteiger partial charge on any atom is -0.378 e. The molecule has 2 aliphatic heterocycles. The average molecular weight is 618 g/mol. The normalized spacial score (nSPS) is 18.1.